The van der Waals surface area contributed by atoms with Crippen LogP contribution in [0.3, 0.4) is 0 Å². The van der Waals surface area contributed by atoms with E-state index in [1.807, 2.05) is 0 Å². The first-order valence-corrected chi connectivity index (χ1v) is 12.3. The van der Waals surface area contributed by atoms with Crippen LogP contribution in [0.2, 0.25) is 5.02 Å². The van der Waals surface area contributed by atoms with E-state index in [2.05, 4.69) is 5.32 Å². The normalized spacial score (nSPS) is 15.5. The SMILES string of the molecule is CC(=O)Nc1ccc(C(=O)C(C)OC(=O)c2ccc(Cl)c(S(=O)(=O)N3CCCCC3)c2)cc1. The van der Waals surface area contributed by atoms with Crippen LogP contribution in [0.1, 0.15) is 53.8 Å². The van der Waals surface area contributed by atoms with Crippen molar-refractivity contribution < 1.29 is 27.5 Å². The predicted molar refractivity (Wildman–Crippen MR) is 124 cm³/mol. The smallest absolute Gasteiger partial charge is 0.338 e. The van der Waals surface area contributed by atoms with Crippen molar-refractivity contribution in [3.63, 3.8) is 0 Å². The Morgan fingerprint density at radius 1 is 1.00 bits per heavy atom. The Kier molecular flexibility index (Phi) is 7.88. The number of carbonyl (C=O) groups excluding carboxylic acids is 3. The number of Topliss-reactive ketones (excluding diaryl/α,β-unsaturated/α-hetero) is 1. The van der Waals surface area contributed by atoms with Gasteiger partial charge in [-0.25, -0.2) is 13.2 Å². The van der Waals surface area contributed by atoms with Gasteiger partial charge in [-0.15, -0.1) is 0 Å². The van der Waals surface area contributed by atoms with E-state index in [0.717, 1.165) is 19.3 Å². The van der Waals surface area contributed by atoms with Crippen LogP contribution in [0.4, 0.5) is 5.69 Å². The summed E-state index contributed by atoms with van der Waals surface area (Å²) in [5, 5.41) is 2.61. The van der Waals surface area contributed by atoms with Gasteiger partial charge in [-0.3, -0.25) is 9.59 Å². The second kappa shape index (κ2) is 10.5. The van der Waals surface area contributed by atoms with E-state index in [1.54, 1.807) is 12.1 Å². The van der Waals surface area contributed by atoms with Gasteiger partial charge < -0.3 is 10.1 Å². The molecule has 1 atom stereocenters. The van der Waals surface area contributed by atoms with Gasteiger partial charge in [-0.1, -0.05) is 18.0 Å². The first kappa shape index (κ1) is 24.9. The number of esters is 1. The van der Waals surface area contributed by atoms with Crippen molar-refractivity contribution in [2.75, 3.05) is 18.4 Å². The maximum absolute atomic E-state index is 13.0. The Bertz CT molecular complexity index is 1160. The zero-order valence-corrected chi connectivity index (χ0v) is 19.9. The molecule has 2 aromatic carbocycles. The maximum atomic E-state index is 13.0. The number of anilines is 1. The molecule has 1 fully saturated rings. The highest BCUT2D eigenvalue weighted by Gasteiger charge is 2.29. The lowest BCUT2D eigenvalue weighted by atomic mass is 10.1. The van der Waals surface area contributed by atoms with Gasteiger partial charge in [0.25, 0.3) is 0 Å². The van der Waals surface area contributed by atoms with Gasteiger partial charge in [0.15, 0.2) is 6.10 Å². The van der Waals surface area contributed by atoms with Crippen molar-refractivity contribution in [2.24, 2.45) is 0 Å². The van der Waals surface area contributed by atoms with Gasteiger partial charge in [-0.2, -0.15) is 4.31 Å². The van der Waals surface area contributed by atoms with Gasteiger partial charge in [-0.05, 0) is 62.2 Å². The minimum atomic E-state index is -3.85. The third-order valence-electron chi connectivity index (χ3n) is 5.24. The van der Waals surface area contributed by atoms with Crippen molar-refractivity contribution >= 4 is 45.0 Å². The molecule has 1 unspecified atom stereocenters. The maximum Gasteiger partial charge on any atom is 0.338 e. The summed E-state index contributed by atoms with van der Waals surface area (Å²) in [4.78, 5) is 36.3. The van der Waals surface area contributed by atoms with E-state index in [4.69, 9.17) is 16.3 Å². The Labute approximate surface area is 197 Å². The Hall–Kier alpha value is -2.75. The van der Waals surface area contributed by atoms with Crippen LogP contribution in [0.5, 0.6) is 0 Å². The third kappa shape index (κ3) is 5.98. The molecule has 0 spiro atoms. The molecule has 0 aliphatic carbocycles. The van der Waals surface area contributed by atoms with Crippen LogP contribution in [-0.4, -0.2) is 49.6 Å². The summed E-state index contributed by atoms with van der Waals surface area (Å²) < 4.78 is 32.7. The average molecular weight is 493 g/mol. The zero-order chi connectivity index (χ0) is 24.2. The summed E-state index contributed by atoms with van der Waals surface area (Å²) in [6.45, 7) is 3.61. The molecule has 1 heterocycles. The summed E-state index contributed by atoms with van der Waals surface area (Å²) >= 11 is 6.15. The number of nitrogens with one attached hydrogen (secondary N) is 1. The highest BCUT2D eigenvalue weighted by atomic mass is 35.5. The van der Waals surface area contributed by atoms with E-state index in [0.29, 0.717) is 24.3 Å². The fraction of sp³-hybridized carbons (Fsp3) is 0.348. The zero-order valence-electron chi connectivity index (χ0n) is 18.3. The summed E-state index contributed by atoms with van der Waals surface area (Å²) in [6.07, 6.45) is 1.39. The molecule has 176 valence electrons. The van der Waals surface area contributed by atoms with Gasteiger partial charge in [0.1, 0.15) is 4.90 Å². The van der Waals surface area contributed by atoms with Crippen LogP contribution in [0.25, 0.3) is 0 Å². The quantitative estimate of drug-likeness (QED) is 0.463. The van der Waals surface area contributed by atoms with E-state index < -0.39 is 27.9 Å². The second-order valence-corrected chi connectivity index (χ2v) is 10.1. The van der Waals surface area contributed by atoms with Crippen molar-refractivity contribution in [1.29, 1.82) is 0 Å². The highest BCUT2D eigenvalue weighted by Crippen LogP contribution is 2.28. The summed E-state index contributed by atoms with van der Waals surface area (Å²) in [5.41, 5.74) is 0.817. The average Bonchev–Trinajstić information content (AvgIpc) is 2.79. The number of nitrogens with zero attached hydrogens (tertiary/aromatic N) is 1. The molecule has 2 aromatic rings. The second-order valence-electron chi connectivity index (χ2n) is 7.78. The number of amides is 1. The molecule has 1 N–H and O–H groups in total. The number of halogens is 1. The number of carbonyl (C=O) groups is 3. The van der Waals surface area contributed by atoms with Crippen LogP contribution in [-0.2, 0) is 19.6 Å². The van der Waals surface area contributed by atoms with Crippen LogP contribution >= 0.6 is 11.6 Å². The van der Waals surface area contributed by atoms with Crippen LogP contribution in [0.15, 0.2) is 47.4 Å². The lowest BCUT2D eigenvalue weighted by Gasteiger charge is -2.26. The number of hydrogen-bond donors (Lipinski definition) is 1. The number of rotatable bonds is 7. The van der Waals surface area contributed by atoms with Crippen LogP contribution in [0, 0.1) is 0 Å². The lowest BCUT2D eigenvalue weighted by molar-refractivity contribution is -0.114. The summed E-state index contributed by atoms with van der Waals surface area (Å²) in [6, 6.07) is 10.1. The summed E-state index contributed by atoms with van der Waals surface area (Å²) in [7, 11) is -3.85. The van der Waals surface area contributed by atoms with E-state index in [1.165, 1.54) is 48.5 Å². The molecule has 1 aliphatic rings. The molecule has 1 aliphatic heterocycles. The Balaban J connectivity index is 1.74. The molecule has 3 rings (SSSR count). The molecular formula is C23H25ClN2O6S. The molecule has 0 bridgehead atoms. The third-order valence-corrected chi connectivity index (χ3v) is 7.62. The van der Waals surface area contributed by atoms with E-state index in [-0.39, 0.29) is 21.4 Å². The van der Waals surface area contributed by atoms with Gasteiger partial charge in [0.05, 0.1) is 10.6 Å². The predicted octanol–water partition coefficient (Wildman–Crippen LogP) is 3.90. The summed E-state index contributed by atoms with van der Waals surface area (Å²) in [5.74, 6) is -1.51. The lowest BCUT2D eigenvalue weighted by Crippen LogP contribution is -2.35. The minimum absolute atomic E-state index is 0.0144. The molecule has 0 saturated carbocycles. The Morgan fingerprint density at radius 2 is 1.61 bits per heavy atom. The van der Waals surface area contributed by atoms with Crippen molar-refractivity contribution in [3.05, 3.63) is 58.6 Å². The van der Waals surface area contributed by atoms with Crippen molar-refractivity contribution in [1.82, 2.24) is 4.31 Å². The monoisotopic (exact) mass is 492 g/mol. The molecule has 8 nitrogen and oxygen atoms in total. The standard InChI is InChI=1S/C23H25ClN2O6S/c1-15(22(28)17-6-9-19(10-7-17)25-16(2)27)32-23(29)18-8-11-20(24)21(14-18)33(30,31)26-12-4-3-5-13-26/h6-11,14-15H,3-5,12-13H2,1-2H3,(H,25,27). The fourth-order valence-electron chi connectivity index (χ4n) is 3.51. The number of ketones is 1. The van der Waals surface area contributed by atoms with Gasteiger partial charge in [0.2, 0.25) is 21.7 Å². The molecule has 0 aromatic heterocycles. The first-order valence-electron chi connectivity index (χ1n) is 10.5. The first-order chi connectivity index (χ1) is 15.6. The van der Waals surface area contributed by atoms with E-state index >= 15 is 0 Å². The van der Waals surface area contributed by atoms with Crippen LogP contribution < -0.4 is 5.32 Å². The molecule has 33 heavy (non-hydrogen) atoms. The fourth-order valence-corrected chi connectivity index (χ4v) is 5.53. The van der Waals surface area contributed by atoms with Crippen molar-refractivity contribution in [2.45, 2.75) is 44.1 Å². The van der Waals surface area contributed by atoms with E-state index in [9.17, 15) is 22.8 Å². The minimum Gasteiger partial charge on any atom is -0.451 e. The number of ether oxygens (including phenoxy) is 1. The number of piperidine rings is 1. The molecule has 0 radical (unpaired) electrons. The number of hydrogen-bond acceptors (Lipinski definition) is 6. The van der Waals surface area contributed by atoms with Crippen molar-refractivity contribution in [3.8, 4) is 0 Å². The topological polar surface area (TPSA) is 110 Å². The molecular weight excluding hydrogens is 468 g/mol. The largest absolute Gasteiger partial charge is 0.451 e. The van der Waals surface area contributed by atoms with Gasteiger partial charge in [0, 0.05) is 31.3 Å². The number of sulfonamides is 1. The highest BCUT2D eigenvalue weighted by molar-refractivity contribution is 7.89. The Morgan fingerprint density at radius 3 is 2.21 bits per heavy atom. The molecule has 10 heteroatoms. The van der Waals surface area contributed by atoms with Gasteiger partial charge >= 0.3 is 5.97 Å². The number of benzene rings is 2. The molecule has 1 saturated heterocycles. The molecule has 1 amide bonds.